The normalized spacial score (nSPS) is 11.6. The summed E-state index contributed by atoms with van der Waals surface area (Å²) in [7, 11) is -3.95. The summed E-state index contributed by atoms with van der Waals surface area (Å²) in [6, 6.07) is 14.7. The number of aryl methyl sites for hydroxylation is 1. The van der Waals surface area contributed by atoms with Crippen molar-refractivity contribution in [2.75, 3.05) is 0 Å². The van der Waals surface area contributed by atoms with Crippen LogP contribution in [0.15, 0.2) is 78.1 Å². The zero-order valence-corrected chi connectivity index (χ0v) is 19.5. The third kappa shape index (κ3) is 5.04. The van der Waals surface area contributed by atoms with Crippen molar-refractivity contribution in [3.8, 4) is 17.2 Å². The number of aromatic nitrogens is 2. The van der Waals surface area contributed by atoms with Crippen molar-refractivity contribution < 1.29 is 27.8 Å². The summed E-state index contributed by atoms with van der Waals surface area (Å²) in [4.78, 5) is 15.2. The fourth-order valence-corrected chi connectivity index (χ4v) is 4.96. The second-order valence-electron chi connectivity index (χ2n) is 7.95. The smallest absolute Gasteiger partial charge is 0.303 e. The summed E-state index contributed by atoms with van der Waals surface area (Å²) in [6.07, 6.45) is 4.71. The largest absolute Gasteiger partial charge is 0.491 e. The van der Waals surface area contributed by atoms with Crippen molar-refractivity contribution in [3.63, 3.8) is 0 Å². The molecular formula is C25H24N2O6S. The second-order valence-corrected chi connectivity index (χ2v) is 9.77. The van der Waals surface area contributed by atoms with Crippen LogP contribution in [0.25, 0.3) is 10.9 Å². The molecule has 0 unspecified atom stereocenters. The van der Waals surface area contributed by atoms with Gasteiger partial charge < -0.3 is 14.6 Å². The molecule has 176 valence electrons. The molecule has 0 aliphatic carbocycles. The quantitative estimate of drug-likeness (QED) is 0.364. The Hall–Kier alpha value is -3.85. The highest BCUT2D eigenvalue weighted by atomic mass is 32.2. The molecule has 2 aromatic heterocycles. The van der Waals surface area contributed by atoms with Crippen molar-refractivity contribution in [1.82, 2.24) is 8.96 Å². The lowest BCUT2D eigenvalue weighted by Crippen LogP contribution is -2.12. The number of rotatable bonds is 9. The van der Waals surface area contributed by atoms with Crippen LogP contribution in [-0.4, -0.2) is 34.6 Å². The van der Waals surface area contributed by atoms with Gasteiger partial charge in [0.2, 0.25) is 0 Å². The van der Waals surface area contributed by atoms with Gasteiger partial charge in [-0.1, -0.05) is 0 Å². The number of nitrogens with zero attached hydrogens (tertiary/aromatic N) is 2. The molecular weight excluding hydrogens is 456 g/mol. The zero-order valence-electron chi connectivity index (χ0n) is 18.7. The molecule has 2 aromatic carbocycles. The van der Waals surface area contributed by atoms with E-state index < -0.39 is 16.0 Å². The van der Waals surface area contributed by atoms with Crippen molar-refractivity contribution in [2.45, 2.75) is 37.7 Å². The molecule has 0 bridgehead atoms. The average Bonchev–Trinajstić information content (AvgIpc) is 3.17. The van der Waals surface area contributed by atoms with Crippen molar-refractivity contribution in [1.29, 1.82) is 0 Å². The van der Waals surface area contributed by atoms with Gasteiger partial charge in [-0.15, -0.1) is 0 Å². The molecule has 0 aliphatic heterocycles. The Balaban J connectivity index is 1.71. The van der Waals surface area contributed by atoms with Crippen LogP contribution >= 0.6 is 0 Å². The number of hydrogen-bond donors (Lipinski definition) is 1. The van der Waals surface area contributed by atoms with E-state index in [1.54, 1.807) is 54.9 Å². The summed E-state index contributed by atoms with van der Waals surface area (Å²) in [5.41, 5.74) is 1.07. The van der Waals surface area contributed by atoms with E-state index in [0.29, 0.717) is 33.7 Å². The molecule has 0 atom stereocenters. The van der Waals surface area contributed by atoms with Crippen molar-refractivity contribution in [2.24, 2.45) is 0 Å². The van der Waals surface area contributed by atoms with E-state index in [-0.39, 0.29) is 23.8 Å². The molecule has 0 saturated heterocycles. The van der Waals surface area contributed by atoms with Gasteiger partial charge in [-0.25, -0.2) is 12.4 Å². The molecule has 2 heterocycles. The van der Waals surface area contributed by atoms with Crippen molar-refractivity contribution in [3.05, 3.63) is 78.8 Å². The Morgan fingerprint density at radius 3 is 2.29 bits per heavy atom. The Morgan fingerprint density at radius 1 is 1.00 bits per heavy atom. The Morgan fingerprint density at radius 2 is 1.65 bits per heavy atom. The van der Waals surface area contributed by atoms with E-state index in [0.717, 1.165) is 0 Å². The molecule has 0 aliphatic rings. The van der Waals surface area contributed by atoms with Gasteiger partial charge in [0, 0.05) is 30.4 Å². The lowest BCUT2D eigenvalue weighted by molar-refractivity contribution is -0.136. The number of aliphatic carboxylic acids is 1. The predicted molar refractivity (Wildman–Crippen MR) is 127 cm³/mol. The number of carboxylic acids is 1. The molecule has 9 heteroatoms. The van der Waals surface area contributed by atoms with Crippen LogP contribution in [0.2, 0.25) is 0 Å². The third-order valence-electron chi connectivity index (χ3n) is 5.07. The lowest BCUT2D eigenvalue weighted by Gasteiger charge is -2.11. The molecule has 0 amide bonds. The van der Waals surface area contributed by atoms with Gasteiger partial charge in [-0.05, 0) is 80.4 Å². The van der Waals surface area contributed by atoms with Crippen LogP contribution in [0.5, 0.6) is 17.2 Å². The molecule has 4 rings (SSSR count). The number of pyridine rings is 1. The van der Waals surface area contributed by atoms with E-state index in [1.807, 2.05) is 13.8 Å². The topological polar surface area (TPSA) is 108 Å². The highest BCUT2D eigenvalue weighted by Crippen LogP contribution is 2.31. The van der Waals surface area contributed by atoms with E-state index in [9.17, 15) is 13.2 Å². The van der Waals surface area contributed by atoms with Gasteiger partial charge in [-0.3, -0.25) is 9.78 Å². The number of ether oxygens (including phenoxy) is 2. The summed E-state index contributed by atoms with van der Waals surface area (Å²) in [5.74, 6) is 0.708. The Labute approximate surface area is 197 Å². The molecule has 0 fully saturated rings. The van der Waals surface area contributed by atoms with Crippen LogP contribution < -0.4 is 9.47 Å². The SMILES string of the molecule is CC(C)Oc1ccc2c(c1)c(CCC(=O)O)cn2S(=O)(=O)c1ccc(Oc2ccncc2)cc1. The third-order valence-corrected chi connectivity index (χ3v) is 6.76. The fraction of sp³-hybridized carbons (Fsp3) is 0.200. The molecule has 4 aromatic rings. The Bertz CT molecular complexity index is 1410. The summed E-state index contributed by atoms with van der Waals surface area (Å²) < 4.78 is 39.7. The summed E-state index contributed by atoms with van der Waals surface area (Å²) >= 11 is 0. The standard InChI is InChI=1S/C25H24N2O6S/c1-17(2)32-21-6-9-24-23(15-21)18(3-10-25(28)29)16-27(24)34(30,31)22-7-4-19(5-8-22)33-20-11-13-26-14-12-20/h4-9,11-17H,3,10H2,1-2H3,(H,28,29). The van der Waals surface area contributed by atoms with Gasteiger partial charge >= 0.3 is 5.97 Å². The average molecular weight is 481 g/mol. The minimum Gasteiger partial charge on any atom is -0.491 e. The first-order valence-corrected chi connectivity index (χ1v) is 12.1. The minimum atomic E-state index is -3.95. The Kier molecular flexibility index (Phi) is 6.56. The van der Waals surface area contributed by atoms with E-state index >= 15 is 0 Å². The molecule has 0 radical (unpaired) electrons. The molecule has 34 heavy (non-hydrogen) atoms. The first-order valence-electron chi connectivity index (χ1n) is 10.7. The fourth-order valence-electron chi connectivity index (χ4n) is 3.57. The molecule has 8 nitrogen and oxygen atoms in total. The number of fused-ring (bicyclic) bond motifs is 1. The van der Waals surface area contributed by atoms with Gasteiger partial charge in [-0.2, -0.15) is 0 Å². The van der Waals surface area contributed by atoms with Crippen LogP contribution in [0.1, 0.15) is 25.8 Å². The number of carbonyl (C=O) groups is 1. The van der Waals surface area contributed by atoms with Gasteiger partial charge in [0.25, 0.3) is 10.0 Å². The first-order chi connectivity index (χ1) is 16.2. The zero-order chi connectivity index (χ0) is 24.3. The van der Waals surface area contributed by atoms with Crippen molar-refractivity contribution >= 4 is 26.9 Å². The highest BCUT2D eigenvalue weighted by Gasteiger charge is 2.22. The summed E-state index contributed by atoms with van der Waals surface area (Å²) in [5, 5.41) is 9.77. The van der Waals surface area contributed by atoms with Gasteiger partial charge in [0.1, 0.15) is 17.2 Å². The summed E-state index contributed by atoms with van der Waals surface area (Å²) in [6.45, 7) is 3.79. The molecule has 0 saturated carbocycles. The van der Waals surface area contributed by atoms with Gasteiger partial charge in [0.05, 0.1) is 16.5 Å². The van der Waals surface area contributed by atoms with Crippen LogP contribution in [0, 0.1) is 0 Å². The lowest BCUT2D eigenvalue weighted by atomic mass is 10.1. The number of benzene rings is 2. The minimum absolute atomic E-state index is 0.0568. The van der Waals surface area contributed by atoms with E-state index in [2.05, 4.69) is 4.98 Å². The number of carboxylic acid groups (broad SMARTS) is 1. The van der Waals surface area contributed by atoms with Crippen LogP contribution in [-0.2, 0) is 21.2 Å². The predicted octanol–water partition coefficient (Wildman–Crippen LogP) is 4.87. The highest BCUT2D eigenvalue weighted by molar-refractivity contribution is 7.90. The monoisotopic (exact) mass is 480 g/mol. The second kappa shape index (κ2) is 9.56. The molecule has 0 spiro atoms. The van der Waals surface area contributed by atoms with Crippen LogP contribution in [0.3, 0.4) is 0 Å². The maximum absolute atomic E-state index is 13.5. The first kappa shape index (κ1) is 23.3. The number of hydrogen-bond acceptors (Lipinski definition) is 6. The van der Waals surface area contributed by atoms with E-state index in [4.69, 9.17) is 14.6 Å². The maximum Gasteiger partial charge on any atom is 0.303 e. The maximum atomic E-state index is 13.5. The van der Waals surface area contributed by atoms with Gasteiger partial charge in [0.15, 0.2) is 0 Å². The molecule has 1 N–H and O–H groups in total. The van der Waals surface area contributed by atoms with Crippen LogP contribution in [0.4, 0.5) is 0 Å². The van der Waals surface area contributed by atoms with E-state index in [1.165, 1.54) is 22.3 Å².